The number of benzene rings is 4. The molecule has 0 amide bonds. The number of nitro groups is 2. The molecule has 0 aromatic heterocycles. The second kappa shape index (κ2) is 10.3. The minimum absolute atomic E-state index is 0.144. The molecule has 13 nitrogen and oxygen atoms in total. The Labute approximate surface area is 255 Å². The molecule has 13 heteroatoms. The van der Waals surface area contributed by atoms with Crippen LogP contribution in [0, 0.1) is 20.2 Å². The number of phenols is 2. The topological polar surface area (TPSA) is 169 Å². The third-order valence-corrected chi connectivity index (χ3v) is 8.82. The number of nitro benzene ring substituents is 2. The van der Waals surface area contributed by atoms with Gasteiger partial charge in [-0.3, -0.25) is 34.8 Å². The van der Waals surface area contributed by atoms with Gasteiger partial charge in [0.25, 0.3) is 0 Å². The molecule has 0 spiro atoms. The van der Waals surface area contributed by atoms with Crippen molar-refractivity contribution in [2.75, 3.05) is 32.8 Å². The quantitative estimate of drug-likeness (QED) is 0.207. The fraction of sp³-hybridized carbons (Fsp3) is 0.219. The highest BCUT2D eigenvalue weighted by Crippen LogP contribution is 2.49. The van der Waals surface area contributed by atoms with Crippen LogP contribution < -0.4 is 9.47 Å². The number of hydrogen-bond donors (Lipinski definition) is 2. The van der Waals surface area contributed by atoms with Gasteiger partial charge in [0.15, 0.2) is 17.3 Å². The van der Waals surface area contributed by atoms with Gasteiger partial charge in [0, 0.05) is 50.4 Å². The largest absolute Gasteiger partial charge is 0.502 e. The van der Waals surface area contributed by atoms with Crippen LogP contribution in [0.3, 0.4) is 0 Å². The Morgan fingerprint density at radius 1 is 0.600 bits per heavy atom. The summed E-state index contributed by atoms with van der Waals surface area (Å²) >= 11 is 0. The molecule has 0 unspecified atom stereocenters. The van der Waals surface area contributed by atoms with Crippen molar-refractivity contribution < 1.29 is 34.3 Å². The van der Waals surface area contributed by atoms with Crippen molar-refractivity contribution in [2.45, 2.75) is 10.8 Å². The maximum Gasteiger partial charge on any atom is 0.310 e. The third kappa shape index (κ3) is 4.69. The molecule has 0 radical (unpaired) electrons. The van der Waals surface area contributed by atoms with Gasteiger partial charge in [-0.25, -0.2) is 0 Å². The first kappa shape index (κ1) is 28.3. The van der Waals surface area contributed by atoms with Crippen LogP contribution >= 0.6 is 0 Å². The summed E-state index contributed by atoms with van der Waals surface area (Å²) in [6, 6.07) is 22.0. The van der Waals surface area contributed by atoms with Gasteiger partial charge in [-0.1, -0.05) is 24.3 Å². The van der Waals surface area contributed by atoms with Crippen molar-refractivity contribution in [3.05, 3.63) is 116 Å². The molecule has 4 aromatic carbocycles. The molecule has 0 saturated carbocycles. The molecule has 2 N–H and O–H groups in total. The molecule has 4 bridgehead atoms. The summed E-state index contributed by atoms with van der Waals surface area (Å²) in [7, 11) is 0. The fourth-order valence-corrected chi connectivity index (χ4v) is 6.99. The molecule has 4 saturated heterocycles. The number of phenolic OH excluding ortho intramolecular Hbond substituents is 2. The summed E-state index contributed by atoms with van der Waals surface area (Å²) in [5.41, 5.74) is -0.618. The summed E-state index contributed by atoms with van der Waals surface area (Å²) in [4.78, 5) is 39.8. The van der Waals surface area contributed by atoms with Gasteiger partial charge in [0.1, 0.15) is 23.0 Å². The molecule has 4 heterocycles. The molecule has 8 rings (SSSR count). The van der Waals surface area contributed by atoms with E-state index in [9.17, 15) is 35.2 Å². The molecule has 4 aromatic rings. The van der Waals surface area contributed by atoms with Crippen LogP contribution in [0.15, 0.2) is 84.9 Å². The van der Waals surface area contributed by atoms with E-state index < -0.39 is 43.6 Å². The Hall–Kier alpha value is -5.53. The number of nitrogens with zero attached hydrogens (tertiary/aromatic N) is 4. The highest BCUT2D eigenvalue weighted by Gasteiger charge is 2.64. The van der Waals surface area contributed by atoms with Gasteiger partial charge in [0.05, 0.1) is 27.3 Å². The van der Waals surface area contributed by atoms with Crippen molar-refractivity contribution in [1.82, 2.24) is 9.80 Å². The van der Waals surface area contributed by atoms with E-state index >= 15 is 0 Å². The third-order valence-electron chi connectivity index (χ3n) is 8.82. The Morgan fingerprint density at radius 3 is 1.29 bits per heavy atom. The lowest BCUT2D eigenvalue weighted by molar-refractivity contribution is -0.386. The second-order valence-corrected chi connectivity index (χ2v) is 11.7. The van der Waals surface area contributed by atoms with Crippen LogP contribution in [0.1, 0.15) is 11.1 Å². The standard InChI is InChI=1S/C32H26N4O9/c37-28-13-24(9-11-26(28)35(40)41)44-22-5-1-20(2-6-22)31-15-33-17-32(30(31)39,18-34(16-31)19-33)21-3-7-23(8-4-21)45-25-10-12-27(36(42)43)29(38)14-25/h1-14,37-38H,15-19H2/t31-,32-. The van der Waals surface area contributed by atoms with E-state index in [1.807, 2.05) is 24.3 Å². The minimum atomic E-state index is -0.760. The summed E-state index contributed by atoms with van der Waals surface area (Å²) in [5.74, 6) is 0.549. The summed E-state index contributed by atoms with van der Waals surface area (Å²) < 4.78 is 11.6. The van der Waals surface area contributed by atoms with E-state index in [2.05, 4.69) is 9.80 Å². The van der Waals surface area contributed by atoms with Crippen LogP contribution in [0.5, 0.6) is 34.5 Å². The van der Waals surface area contributed by atoms with Gasteiger partial charge in [0.2, 0.25) is 0 Å². The number of Topliss-reactive ketones (excluding diaryl/α,β-unsaturated/α-hetero) is 1. The average Bonchev–Trinajstić information content (AvgIpc) is 3.00. The molecule has 4 aliphatic rings. The summed E-state index contributed by atoms with van der Waals surface area (Å²) in [6.45, 7) is 3.12. The summed E-state index contributed by atoms with van der Waals surface area (Å²) in [5, 5.41) is 41.9. The highest BCUT2D eigenvalue weighted by molar-refractivity contribution is 6.02. The number of carbonyl (C=O) groups excluding carboxylic acids is 1. The van der Waals surface area contributed by atoms with E-state index in [4.69, 9.17) is 9.47 Å². The molecule has 4 aliphatic heterocycles. The maximum atomic E-state index is 14.5. The van der Waals surface area contributed by atoms with Crippen molar-refractivity contribution in [3.63, 3.8) is 0 Å². The smallest absolute Gasteiger partial charge is 0.310 e. The van der Waals surface area contributed by atoms with Crippen molar-refractivity contribution in [1.29, 1.82) is 0 Å². The highest BCUT2D eigenvalue weighted by atomic mass is 16.6. The Balaban J connectivity index is 1.13. The van der Waals surface area contributed by atoms with E-state index in [0.717, 1.165) is 17.8 Å². The molecule has 0 atom stereocenters. The van der Waals surface area contributed by atoms with Gasteiger partial charge < -0.3 is 19.7 Å². The Bertz CT molecular complexity index is 1710. The number of rotatable bonds is 8. The second-order valence-electron chi connectivity index (χ2n) is 11.7. The van der Waals surface area contributed by atoms with Crippen LogP contribution in [0.2, 0.25) is 0 Å². The number of ether oxygens (including phenoxy) is 2. The first-order valence-corrected chi connectivity index (χ1v) is 14.1. The maximum absolute atomic E-state index is 14.5. The van der Waals surface area contributed by atoms with Gasteiger partial charge in [-0.2, -0.15) is 0 Å². The molecular weight excluding hydrogens is 584 g/mol. The lowest BCUT2D eigenvalue weighted by Crippen LogP contribution is -2.79. The first-order valence-electron chi connectivity index (χ1n) is 14.1. The van der Waals surface area contributed by atoms with Crippen LogP contribution in [0.4, 0.5) is 11.4 Å². The first-order chi connectivity index (χ1) is 21.6. The molecule has 0 aliphatic carbocycles. The molecular formula is C32H26N4O9. The number of ketones is 1. The summed E-state index contributed by atoms with van der Waals surface area (Å²) in [6.07, 6.45) is 0. The van der Waals surface area contributed by atoms with E-state index in [1.54, 1.807) is 24.3 Å². The zero-order valence-electron chi connectivity index (χ0n) is 23.7. The fourth-order valence-electron chi connectivity index (χ4n) is 6.99. The monoisotopic (exact) mass is 610 g/mol. The zero-order valence-corrected chi connectivity index (χ0v) is 23.7. The number of aromatic hydroxyl groups is 2. The number of piperidine rings is 2. The Kier molecular flexibility index (Phi) is 6.46. The number of carbonyl (C=O) groups is 1. The van der Waals surface area contributed by atoms with E-state index in [1.165, 1.54) is 36.4 Å². The molecule has 4 fully saturated rings. The molecule has 228 valence electrons. The van der Waals surface area contributed by atoms with Crippen molar-refractivity contribution in [2.24, 2.45) is 0 Å². The average molecular weight is 611 g/mol. The number of hydrogen-bond acceptors (Lipinski definition) is 11. The molecule has 45 heavy (non-hydrogen) atoms. The zero-order chi connectivity index (χ0) is 31.5. The van der Waals surface area contributed by atoms with Crippen LogP contribution in [-0.4, -0.2) is 68.5 Å². The van der Waals surface area contributed by atoms with Gasteiger partial charge in [-0.05, 0) is 47.5 Å². The van der Waals surface area contributed by atoms with Crippen molar-refractivity contribution >= 4 is 17.2 Å². The van der Waals surface area contributed by atoms with Gasteiger partial charge in [-0.15, -0.1) is 0 Å². The Morgan fingerprint density at radius 2 is 0.956 bits per heavy atom. The SMILES string of the molecule is O=C1[C@]2(c3ccc(Oc4ccc([N+](=O)[O-])c(O)c4)cc3)C[N@]3C[N@@](C[C@@]1(c1ccc(Oc4ccc([N+](=O)[O-])c(O)c4)cc1)C3)C2. The van der Waals surface area contributed by atoms with Crippen molar-refractivity contribution in [3.8, 4) is 34.5 Å². The lowest BCUT2D eigenvalue weighted by atomic mass is 9.56. The predicted octanol–water partition coefficient (Wildman–Crippen LogP) is 4.85. The minimum Gasteiger partial charge on any atom is -0.502 e. The predicted molar refractivity (Wildman–Crippen MR) is 159 cm³/mol. The van der Waals surface area contributed by atoms with Gasteiger partial charge >= 0.3 is 11.4 Å². The normalized spacial score (nSPS) is 24.8. The van der Waals surface area contributed by atoms with E-state index in [0.29, 0.717) is 37.7 Å². The van der Waals surface area contributed by atoms with Crippen LogP contribution in [-0.2, 0) is 15.6 Å². The van der Waals surface area contributed by atoms with E-state index in [-0.39, 0.29) is 17.3 Å². The lowest BCUT2D eigenvalue weighted by Gasteiger charge is -2.63. The van der Waals surface area contributed by atoms with Crippen LogP contribution in [0.25, 0.3) is 0 Å².